The molecule has 0 bridgehead atoms. The van der Waals surface area contributed by atoms with Crippen molar-refractivity contribution in [2.24, 2.45) is 0 Å². The van der Waals surface area contributed by atoms with Gasteiger partial charge in [0.2, 0.25) is 5.91 Å². The van der Waals surface area contributed by atoms with Crippen molar-refractivity contribution < 1.29 is 34.3 Å². The Labute approximate surface area is 239 Å². The van der Waals surface area contributed by atoms with Crippen LogP contribution in [0.25, 0.3) is 11.3 Å². The molecule has 1 aliphatic heterocycles. The van der Waals surface area contributed by atoms with Crippen molar-refractivity contribution in [1.82, 2.24) is 15.2 Å². The summed E-state index contributed by atoms with van der Waals surface area (Å²) in [5.41, 5.74) is 4.27. The number of carbonyl (C=O) groups excluding carboxylic acids is 1. The minimum absolute atomic E-state index is 0. The lowest BCUT2D eigenvalue weighted by molar-refractivity contribution is -0.157. The van der Waals surface area contributed by atoms with Gasteiger partial charge in [0, 0.05) is 57.6 Å². The van der Waals surface area contributed by atoms with Gasteiger partial charge in [0.1, 0.15) is 6.04 Å². The predicted octanol–water partition coefficient (Wildman–Crippen LogP) is 5.94. The van der Waals surface area contributed by atoms with Crippen LogP contribution in [0.5, 0.6) is 0 Å². The first kappa shape index (κ1) is 30.8. The summed E-state index contributed by atoms with van der Waals surface area (Å²) in [5.74, 6) is -4.22. The number of nitrogens with one attached hydrogen (secondary N) is 2. The van der Waals surface area contributed by atoms with E-state index >= 15 is 8.78 Å². The average Bonchev–Trinajstić information content (AvgIpc) is 2.90. The number of hydrogen-bond donors (Lipinski definition) is 3. The molecular formula is C29H40F5N5O2. The maximum atomic E-state index is 15.1. The van der Waals surface area contributed by atoms with Crippen molar-refractivity contribution >= 4 is 17.8 Å². The van der Waals surface area contributed by atoms with Crippen LogP contribution in [-0.4, -0.2) is 65.3 Å². The van der Waals surface area contributed by atoms with Crippen LogP contribution in [0.3, 0.4) is 0 Å². The Morgan fingerprint density at radius 1 is 1.27 bits per heavy atom. The molecule has 1 aromatic heterocycles. The highest BCUT2D eigenvalue weighted by Gasteiger charge is 2.49. The largest absolute Gasteiger partial charge is 0.418 e. The normalized spacial score (nSPS) is 22.0. The van der Waals surface area contributed by atoms with Gasteiger partial charge >= 0.3 is 6.18 Å². The molecule has 2 aromatic rings. The second-order valence-electron chi connectivity index (χ2n) is 11.1. The lowest BCUT2D eigenvalue weighted by Gasteiger charge is -2.42. The lowest BCUT2D eigenvalue weighted by atomic mass is 9.88. The lowest BCUT2D eigenvalue weighted by Crippen LogP contribution is -2.58. The Morgan fingerprint density at radius 2 is 1.98 bits per heavy atom. The first-order valence-electron chi connectivity index (χ1n) is 13.8. The molecule has 1 saturated heterocycles. The number of anilines is 1. The van der Waals surface area contributed by atoms with Crippen molar-refractivity contribution in [3.8, 4) is 11.3 Å². The van der Waals surface area contributed by atoms with Crippen LogP contribution in [0.1, 0.15) is 65.5 Å². The number of likely N-dealkylation sites (tertiary alicyclic amines) is 1. The van der Waals surface area contributed by atoms with E-state index in [-0.39, 0.29) is 32.2 Å². The Hall–Kier alpha value is -3.12. The Bertz CT molecular complexity index is 1260. The highest BCUT2D eigenvalue weighted by atomic mass is 19.4. The summed E-state index contributed by atoms with van der Waals surface area (Å²) in [6, 6.07) is 3.82. The van der Waals surface area contributed by atoms with E-state index in [1.165, 1.54) is 18.2 Å². The van der Waals surface area contributed by atoms with Crippen LogP contribution in [0.2, 0.25) is 0 Å². The van der Waals surface area contributed by atoms with E-state index in [0.717, 1.165) is 31.6 Å². The molecule has 1 aliphatic carbocycles. The summed E-state index contributed by atoms with van der Waals surface area (Å²) >= 11 is 0. The number of carbonyl (C=O) groups is 1. The molecule has 2 fully saturated rings. The molecule has 1 saturated carbocycles. The molecule has 0 unspecified atom stereocenters. The second-order valence-corrected chi connectivity index (χ2v) is 11.1. The molecule has 41 heavy (non-hydrogen) atoms. The molecule has 0 spiro atoms. The minimum Gasteiger partial charge on any atom is -0.398 e. The van der Waals surface area contributed by atoms with Crippen LogP contribution in [0.15, 0.2) is 30.5 Å². The number of benzene rings is 1. The van der Waals surface area contributed by atoms with E-state index in [1.807, 2.05) is 0 Å². The van der Waals surface area contributed by atoms with E-state index in [0.29, 0.717) is 25.3 Å². The quantitative estimate of drug-likeness (QED) is 0.202. The number of aromatic nitrogens is 1. The summed E-state index contributed by atoms with van der Waals surface area (Å²) < 4.78 is 79.2. The van der Waals surface area contributed by atoms with E-state index in [1.54, 1.807) is 0 Å². The number of amides is 1. The van der Waals surface area contributed by atoms with Gasteiger partial charge in [-0.15, -0.1) is 0 Å². The van der Waals surface area contributed by atoms with E-state index < -0.39 is 59.8 Å². The van der Waals surface area contributed by atoms with Crippen LogP contribution in [0, 0.1) is 5.41 Å². The number of nitrogen functional groups attached to an aromatic ring is 1. The van der Waals surface area contributed by atoms with Crippen molar-refractivity contribution in [2.45, 2.75) is 88.8 Å². The fraction of sp³-hybridized carbons (Fsp3) is 0.552. The van der Waals surface area contributed by atoms with Crippen LogP contribution in [-0.2, 0) is 22.1 Å². The minimum atomic E-state index is -4.89. The zero-order valence-corrected chi connectivity index (χ0v) is 23.1. The van der Waals surface area contributed by atoms with Gasteiger partial charge < -0.3 is 26.1 Å². The molecule has 0 radical (unpaired) electrons. The Kier molecular flexibility index (Phi) is 9.32. The third-order valence-electron chi connectivity index (χ3n) is 7.90. The number of alkyl halides is 5. The second kappa shape index (κ2) is 12.4. The molecule has 12 heteroatoms. The maximum Gasteiger partial charge on any atom is 0.418 e. The SMILES string of the molecule is CC(C)N1CCC(O[C@H]2CCCC(F)(F)[C@@H]2NC(=O)Cc2ccnc(-c3ccc(N)c(C=N)c3)c2C(F)(F)F)CC1.[HH].[HH]. The highest BCUT2D eigenvalue weighted by molar-refractivity contribution is 5.88. The smallest absolute Gasteiger partial charge is 0.398 e. The first-order valence-corrected chi connectivity index (χ1v) is 13.8. The van der Waals surface area contributed by atoms with Crippen LogP contribution >= 0.6 is 0 Å². The van der Waals surface area contributed by atoms with Gasteiger partial charge in [0.15, 0.2) is 0 Å². The van der Waals surface area contributed by atoms with Crippen LogP contribution < -0.4 is 11.1 Å². The van der Waals surface area contributed by atoms with Gasteiger partial charge in [0.05, 0.1) is 29.9 Å². The summed E-state index contributed by atoms with van der Waals surface area (Å²) in [5, 5.41) is 9.79. The first-order chi connectivity index (χ1) is 19.3. The van der Waals surface area contributed by atoms with E-state index in [4.69, 9.17) is 15.9 Å². The predicted molar refractivity (Wildman–Crippen MR) is 150 cm³/mol. The number of nitrogens with zero attached hydrogens (tertiary/aromatic N) is 2. The zero-order valence-electron chi connectivity index (χ0n) is 23.1. The molecule has 4 N–H and O–H groups in total. The molecule has 7 nitrogen and oxygen atoms in total. The number of rotatable bonds is 8. The average molecular weight is 586 g/mol. The summed E-state index contributed by atoms with van der Waals surface area (Å²) in [7, 11) is 0. The number of hydrogen-bond acceptors (Lipinski definition) is 6. The molecular weight excluding hydrogens is 545 g/mol. The standard InChI is InChI=1S/C29H36F5N5O2.2H2/c1-17(2)39-12-8-21(9-13-39)41-23-4-3-10-28(30,31)27(23)38-24(40)15-18-7-11-37-26(25(18)29(32,33)34)19-5-6-22(36)20(14-19)16-35;;/h5-7,11,14,16-17,21,23,27,35H,3-4,8-10,12-13,15,36H2,1-2H3,(H,38,40);2*1H/t23-,27+;;/m0../s1. The van der Waals surface area contributed by atoms with Crippen LogP contribution in [0.4, 0.5) is 27.6 Å². The zero-order chi connectivity index (χ0) is 29.9. The number of halogens is 5. The van der Waals surface area contributed by atoms with E-state index in [9.17, 15) is 18.0 Å². The fourth-order valence-electron chi connectivity index (χ4n) is 5.68. The molecule has 4 rings (SSSR count). The summed E-state index contributed by atoms with van der Waals surface area (Å²) in [4.78, 5) is 19.2. The van der Waals surface area contributed by atoms with Gasteiger partial charge in [0.25, 0.3) is 5.92 Å². The van der Waals surface area contributed by atoms with Crippen molar-refractivity contribution in [2.75, 3.05) is 18.8 Å². The topological polar surface area (TPSA) is 104 Å². The monoisotopic (exact) mass is 585 g/mol. The Morgan fingerprint density at radius 3 is 2.61 bits per heavy atom. The summed E-state index contributed by atoms with van der Waals surface area (Å²) in [6.45, 7) is 5.74. The third-order valence-corrected chi connectivity index (χ3v) is 7.90. The number of nitrogens with two attached hydrogens (primary N) is 1. The van der Waals surface area contributed by atoms with Crippen molar-refractivity contribution in [3.63, 3.8) is 0 Å². The molecule has 2 atom stereocenters. The molecule has 228 valence electrons. The third kappa shape index (κ3) is 7.21. The van der Waals surface area contributed by atoms with Crippen molar-refractivity contribution in [1.29, 1.82) is 5.41 Å². The molecule has 1 amide bonds. The maximum absolute atomic E-state index is 15.1. The van der Waals surface area contributed by atoms with Gasteiger partial charge in [-0.2, -0.15) is 13.2 Å². The van der Waals surface area contributed by atoms with E-state index in [2.05, 4.69) is 29.0 Å². The number of piperidine rings is 1. The van der Waals surface area contributed by atoms with Gasteiger partial charge in [-0.25, -0.2) is 8.78 Å². The fourth-order valence-corrected chi connectivity index (χ4v) is 5.68. The molecule has 1 aromatic carbocycles. The highest BCUT2D eigenvalue weighted by Crippen LogP contribution is 2.40. The van der Waals surface area contributed by atoms with Gasteiger partial charge in [-0.1, -0.05) is 6.07 Å². The molecule has 2 heterocycles. The summed E-state index contributed by atoms with van der Waals surface area (Å²) in [6.07, 6.45) is -3.32. The van der Waals surface area contributed by atoms with Gasteiger partial charge in [-0.05, 0) is 63.3 Å². The number of pyridine rings is 1. The Balaban J connectivity index is 0.00000323. The van der Waals surface area contributed by atoms with Gasteiger partial charge in [-0.3, -0.25) is 9.78 Å². The molecule has 2 aliphatic rings. The number of ether oxygens (including phenoxy) is 1. The van der Waals surface area contributed by atoms with Crippen molar-refractivity contribution in [3.05, 3.63) is 47.2 Å².